The molecule has 1 saturated heterocycles. The predicted molar refractivity (Wildman–Crippen MR) is 80.6 cm³/mol. The second kappa shape index (κ2) is 7.81. The monoisotopic (exact) mass is 310 g/mol. The van der Waals surface area contributed by atoms with E-state index in [-0.39, 0.29) is 0 Å². The van der Waals surface area contributed by atoms with Crippen molar-refractivity contribution in [2.75, 3.05) is 32.1 Å². The number of rotatable bonds is 7. The van der Waals surface area contributed by atoms with Gasteiger partial charge in [-0.05, 0) is 24.7 Å². The Morgan fingerprint density at radius 1 is 1.32 bits per heavy atom. The molecule has 0 spiro atoms. The zero-order chi connectivity index (χ0) is 14.5. The Morgan fingerprint density at radius 2 is 1.89 bits per heavy atom. The summed E-state index contributed by atoms with van der Waals surface area (Å²) in [5.74, 6) is 1.51. The van der Waals surface area contributed by atoms with Crippen LogP contribution in [0.5, 0.6) is 0 Å². The van der Waals surface area contributed by atoms with Crippen LogP contribution in [0.2, 0.25) is 0 Å². The summed E-state index contributed by atoms with van der Waals surface area (Å²) in [7, 11) is -3.29. The molecule has 0 aliphatic carbocycles. The standard InChI is InChI=1S/C13H27ClN2O2S/c1-4-12(3)11-15(5-2)19(17,18)16-8-6-13(10-14)7-9-16/h12-13H,4-11H2,1-3H3. The third-order valence-corrected chi connectivity index (χ3v) is 6.52. The molecule has 0 aromatic rings. The molecule has 0 saturated carbocycles. The smallest absolute Gasteiger partial charge is 0.195 e. The normalized spacial score (nSPS) is 20.9. The highest BCUT2D eigenvalue weighted by Crippen LogP contribution is 2.22. The molecule has 1 atom stereocenters. The van der Waals surface area contributed by atoms with Crippen molar-refractivity contribution in [1.29, 1.82) is 0 Å². The molecule has 1 aliphatic heterocycles. The number of hydrogen-bond acceptors (Lipinski definition) is 2. The molecule has 0 aromatic heterocycles. The fourth-order valence-electron chi connectivity index (χ4n) is 2.32. The predicted octanol–water partition coefficient (Wildman–Crippen LogP) is 2.55. The van der Waals surface area contributed by atoms with Gasteiger partial charge in [-0.1, -0.05) is 27.2 Å². The Bertz CT molecular complexity index is 354. The van der Waals surface area contributed by atoms with E-state index < -0.39 is 10.2 Å². The quantitative estimate of drug-likeness (QED) is 0.678. The molecular weight excluding hydrogens is 284 g/mol. The number of nitrogens with zero attached hydrogens (tertiary/aromatic N) is 2. The molecule has 1 fully saturated rings. The van der Waals surface area contributed by atoms with Crippen molar-refractivity contribution >= 4 is 21.8 Å². The molecule has 1 aliphatic rings. The number of piperidine rings is 1. The van der Waals surface area contributed by atoms with Crippen molar-refractivity contribution < 1.29 is 8.42 Å². The Balaban J connectivity index is 2.67. The molecule has 4 nitrogen and oxygen atoms in total. The van der Waals surface area contributed by atoms with E-state index >= 15 is 0 Å². The van der Waals surface area contributed by atoms with Crippen LogP contribution in [0.25, 0.3) is 0 Å². The lowest BCUT2D eigenvalue weighted by atomic mass is 10.0. The molecule has 1 rings (SSSR count). The Morgan fingerprint density at radius 3 is 2.32 bits per heavy atom. The molecule has 19 heavy (non-hydrogen) atoms. The molecule has 6 heteroatoms. The van der Waals surface area contributed by atoms with Gasteiger partial charge in [-0.15, -0.1) is 11.6 Å². The maximum absolute atomic E-state index is 12.6. The van der Waals surface area contributed by atoms with Gasteiger partial charge in [0, 0.05) is 32.1 Å². The van der Waals surface area contributed by atoms with Gasteiger partial charge in [0.2, 0.25) is 0 Å². The van der Waals surface area contributed by atoms with Crippen LogP contribution in [0, 0.1) is 11.8 Å². The van der Waals surface area contributed by atoms with Crippen LogP contribution >= 0.6 is 11.6 Å². The van der Waals surface area contributed by atoms with Crippen molar-refractivity contribution in [3.8, 4) is 0 Å². The van der Waals surface area contributed by atoms with Gasteiger partial charge in [0.1, 0.15) is 0 Å². The summed E-state index contributed by atoms with van der Waals surface area (Å²) in [6.45, 7) is 8.47. The summed E-state index contributed by atoms with van der Waals surface area (Å²) in [5.41, 5.74) is 0. The summed E-state index contributed by atoms with van der Waals surface area (Å²) in [4.78, 5) is 0. The average Bonchev–Trinajstić information content (AvgIpc) is 2.44. The highest BCUT2D eigenvalue weighted by molar-refractivity contribution is 7.86. The van der Waals surface area contributed by atoms with Gasteiger partial charge >= 0.3 is 0 Å². The van der Waals surface area contributed by atoms with Crippen LogP contribution in [0.15, 0.2) is 0 Å². The first-order valence-electron chi connectivity index (χ1n) is 7.26. The number of alkyl halides is 1. The molecule has 0 amide bonds. The van der Waals surface area contributed by atoms with E-state index in [1.165, 1.54) is 0 Å². The first-order valence-corrected chi connectivity index (χ1v) is 9.19. The summed E-state index contributed by atoms with van der Waals surface area (Å²) in [5, 5.41) is 0. The molecular formula is C13H27ClN2O2S. The van der Waals surface area contributed by atoms with Gasteiger partial charge in [0.25, 0.3) is 10.2 Å². The SMILES string of the molecule is CCC(C)CN(CC)S(=O)(=O)N1CCC(CCl)CC1. The minimum absolute atomic E-state index is 0.398. The Kier molecular flexibility index (Phi) is 7.08. The first kappa shape index (κ1) is 17.2. The Hall–Kier alpha value is 0.160. The van der Waals surface area contributed by atoms with Gasteiger partial charge in [-0.25, -0.2) is 0 Å². The van der Waals surface area contributed by atoms with Gasteiger partial charge in [-0.3, -0.25) is 0 Å². The third-order valence-electron chi connectivity index (χ3n) is 4.01. The maximum Gasteiger partial charge on any atom is 0.281 e. The summed E-state index contributed by atoms with van der Waals surface area (Å²) in [6.07, 6.45) is 2.76. The van der Waals surface area contributed by atoms with Crippen LogP contribution < -0.4 is 0 Å². The zero-order valence-corrected chi connectivity index (χ0v) is 13.9. The van der Waals surface area contributed by atoms with E-state index in [4.69, 9.17) is 11.6 Å². The highest BCUT2D eigenvalue weighted by Gasteiger charge is 2.32. The topological polar surface area (TPSA) is 40.6 Å². The minimum atomic E-state index is -3.29. The lowest BCUT2D eigenvalue weighted by molar-refractivity contribution is 0.259. The molecule has 0 radical (unpaired) electrons. The molecule has 0 aromatic carbocycles. The summed E-state index contributed by atoms with van der Waals surface area (Å²) < 4.78 is 28.4. The maximum atomic E-state index is 12.6. The van der Waals surface area contributed by atoms with Crippen molar-refractivity contribution in [3.63, 3.8) is 0 Å². The van der Waals surface area contributed by atoms with Gasteiger partial charge in [-0.2, -0.15) is 17.0 Å². The minimum Gasteiger partial charge on any atom is -0.195 e. The highest BCUT2D eigenvalue weighted by atomic mass is 35.5. The first-order chi connectivity index (χ1) is 8.95. The van der Waals surface area contributed by atoms with E-state index in [2.05, 4.69) is 13.8 Å². The van der Waals surface area contributed by atoms with Crippen LogP contribution in [0.4, 0.5) is 0 Å². The fraction of sp³-hybridized carbons (Fsp3) is 1.00. The van der Waals surface area contributed by atoms with E-state index in [1.807, 2.05) is 6.92 Å². The molecule has 1 heterocycles. The van der Waals surface area contributed by atoms with Crippen molar-refractivity contribution in [1.82, 2.24) is 8.61 Å². The third kappa shape index (κ3) is 4.59. The summed E-state index contributed by atoms with van der Waals surface area (Å²) in [6, 6.07) is 0. The lowest BCUT2D eigenvalue weighted by Gasteiger charge is -2.34. The molecule has 0 N–H and O–H groups in total. The fourth-order valence-corrected chi connectivity index (χ4v) is 4.40. The Labute approximate surface area is 123 Å². The van der Waals surface area contributed by atoms with Crippen LogP contribution in [-0.2, 0) is 10.2 Å². The van der Waals surface area contributed by atoms with Crippen molar-refractivity contribution in [2.45, 2.75) is 40.0 Å². The number of hydrogen-bond donors (Lipinski definition) is 0. The largest absolute Gasteiger partial charge is 0.281 e. The second-order valence-corrected chi connectivity index (χ2v) is 7.71. The van der Waals surface area contributed by atoms with Crippen LogP contribution in [0.3, 0.4) is 0 Å². The van der Waals surface area contributed by atoms with E-state index in [0.717, 1.165) is 19.3 Å². The van der Waals surface area contributed by atoms with E-state index in [9.17, 15) is 8.42 Å². The molecule has 0 bridgehead atoms. The van der Waals surface area contributed by atoms with Crippen LogP contribution in [-0.4, -0.2) is 49.1 Å². The number of halogens is 1. The van der Waals surface area contributed by atoms with Crippen molar-refractivity contribution in [3.05, 3.63) is 0 Å². The summed E-state index contributed by atoms with van der Waals surface area (Å²) >= 11 is 5.84. The van der Waals surface area contributed by atoms with Crippen molar-refractivity contribution in [2.24, 2.45) is 11.8 Å². The molecule has 1 unspecified atom stereocenters. The van der Waals surface area contributed by atoms with Gasteiger partial charge < -0.3 is 0 Å². The van der Waals surface area contributed by atoms with Crippen LogP contribution in [0.1, 0.15) is 40.0 Å². The lowest BCUT2D eigenvalue weighted by Crippen LogP contribution is -2.48. The van der Waals surface area contributed by atoms with Gasteiger partial charge in [0.05, 0.1) is 0 Å². The van der Waals surface area contributed by atoms with E-state index in [1.54, 1.807) is 8.61 Å². The zero-order valence-electron chi connectivity index (χ0n) is 12.3. The second-order valence-electron chi connectivity index (χ2n) is 5.47. The van der Waals surface area contributed by atoms with Gasteiger partial charge in [0.15, 0.2) is 0 Å². The molecule has 114 valence electrons. The van der Waals surface area contributed by atoms with E-state index in [0.29, 0.717) is 43.9 Å². The average molecular weight is 311 g/mol.